The van der Waals surface area contributed by atoms with E-state index in [4.69, 9.17) is 0 Å². The fourth-order valence-electron chi connectivity index (χ4n) is 3.55. The minimum atomic E-state index is -1.43. The molecule has 0 saturated heterocycles. The van der Waals surface area contributed by atoms with E-state index >= 15 is 0 Å². The van der Waals surface area contributed by atoms with Gasteiger partial charge in [-0.1, -0.05) is 28.1 Å². The Bertz CT molecular complexity index is 1500. The lowest BCUT2D eigenvalue weighted by Crippen LogP contribution is -2.38. The SMILES string of the molecule is O=CC1Nc2cc([N+](=O)[O-])c(-n3ccc(=O)c(NC(=O)Cc4ccc(Br)cc4)c3)cc2N=C1C(=O)O. The second kappa shape index (κ2) is 9.92. The molecular weight excluding hydrogens is 538 g/mol. The maximum atomic E-state index is 12.5. The zero-order valence-electron chi connectivity index (χ0n) is 18.2. The number of aliphatic imine (C=N–C) groups is 1. The zero-order chi connectivity index (χ0) is 26.0. The normalized spacial score (nSPS) is 14.1. The van der Waals surface area contributed by atoms with Crippen LogP contribution in [0.4, 0.5) is 22.7 Å². The lowest BCUT2D eigenvalue weighted by molar-refractivity contribution is -0.384. The number of amides is 1. The van der Waals surface area contributed by atoms with E-state index in [2.05, 4.69) is 31.6 Å². The number of rotatable bonds is 7. The molecule has 1 amide bonds. The van der Waals surface area contributed by atoms with Crippen LogP contribution in [0.1, 0.15) is 5.56 Å². The van der Waals surface area contributed by atoms with Crippen molar-refractivity contribution in [1.82, 2.24) is 4.57 Å². The van der Waals surface area contributed by atoms with Crippen molar-refractivity contribution in [3.05, 3.63) is 85.2 Å². The van der Waals surface area contributed by atoms with E-state index in [1.807, 2.05) is 0 Å². The molecule has 0 fully saturated rings. The van der Waals surface area contributed by atoms with Gasteiger partial charge in [-0.05, 0) is 23.8 Å². The van der Waals surface area contributed by atoms with Gasteiger partial charge < -0.3 is 25.1 Å². The first kappa shape index (κ1) is 24.5. The van der Waals surface area contributed by atoms with Crippen LogP contribution in [0.3, 0.4) is 0 Å². The van der Waals surface area contributed by atoms with Crippen LogP contribution in [0.15, 0.2) is 69.1 Å². The Labute approximate surface area is 210 Å². The van der Waals surface area contributed by atoms with E-state index in [9.17, 15) is 34.4 Å². The molecule has 0 spiro atoms. The average Bonchev–Trinajstić information content (AvgIpc) is 2.85. The maximum absolute atomic E-state index is 12.5. The molecular formula is C23H16BrN5O7. The Balaban J connectivity index is 1.72. The Hall–Kier alpha value is -4.65. The number of carboxylic acid groups (broad SMARTS) is 1. The minimum Gasteiger partial charge on any atom is -0.477 e. The van der Waals surface area contributed by atoms with Crippen molar-refractivity contribution >= 4 is 62.6 Å². The lowest BCUT2D eigenvalue weighted by atomic mass is 10.1. The van der Waals surface area contributed by atoms with E-state index in [0.29, 0.717) is 11.8 Å². The number of anilines is 2. The predicted molar refractivity (Wildman–Crippen MR) is 133 cm³/mol. The summed E-state index contributed by atoms with van der Waals surface area (Å²) in [5.74, 6) is -1.89. The van der Waals surface area contributed by atoms with Crippen LogP contribution in [-0.4, -0.2) is 44.5 Å². The topological polar surface area (TPSA) is 173 Å². The number of aromatic nitrogens is 1. The quantitative estimate of drug-likeness (QED) is 0.227. The number of benzene rings is 2. The van der Waals surface area contributed by atoms with Crippen molar-refractivity contribution in [1.29, 1.82) is 0 Å². The number of nitrogens with one attached hydrogen (secondary N) is 2. The highest BCUT2D eigenvalue weighted by Gasteiger charge is 2.30. The van der Waals surface area contributed by atoms with Gasteiger partial charge in [0.1, 0.15) is 23.7 Å². The minimum absolute atomic E-state index is 0.00312. The molecule has 182 valence electrons. The molecule has 4 rings (SSSR count). The highest BCUT2D eigenvalue weighted by molar-refractivity contribution is 9.10. The van der Waals surface area contributed by atoms with Crippen LogP contribution in [0, 0.1) is 10.1 Å². The Kier molecular flexibility index (Phi) is 6.74. The molecule has 3 aromatic rings. The Morgan fingerprint density at radius 3 is 2.61 bits per heavy atom. The first-order chi connectivity index (χ1) is 17.2. The van der Waals surface area contributed by atoms with Gasteiger partial charge in [0.25, 0.3) is 5.69 Å². The molecule has 3 N–H and O–H groups in total. The van der Waals surface area contributed by atoms with Crippen LogP contribution >= 0.6 is 15.9 Å². The number of hydrogen-bond donors (Lipinski definition) is 3. The molecule has 0 aliphatic carbocycles. The highest BCUT2D eigenvalue weighted by atomic mass is 79.9. The number of hydrogen-bond acceptors (Lipinski definition) is 8. The van der Waals surface area contributed by atoms with Crippen molar-refractivity contribution in [2.24, 2.45) is 4.99 Å². The standard InChI is InChI=1S/C23H16BrN5O7/c24-13-3-1-12(2-4-13)7-21(32)26-16-10-28(6-5-20(16)31)18-8-15-14(9-19(18)29(35)36)25-17(11-30)22(27-15)23(33)34/h1-6,8-11,17,25H,7H2,(H,26,32)(H,33,34). The molecule has 12 nitrogen and oxygen atoms in total. The lowest BCUT2D eigenvalue weighted by Gasteiger charge is -2.22. The van der Waals surface area contributed by atoms with E-state index in [-0.39, 0.29) is 29.2 Å². The van der Waals surface area contributed by atoms with Crippen LogP contribution in [0.2, 0.25) is 0 Å². The van der Waals surface area contributed by atoms with Crippen molar-refractivity contribution in [3.63, 3.8) is 0 Å². The number of aldehydes is 1. The fourth-order valence-corrected chi connectivity index (χ4v) is 3.82. The number of nitro groups is 1. The summed E-state index contributed by atoms with van der Waals surface area (Å²) in [5.41, 5.74) is -0.693. The molecule has 1 atom stereocenters. The first-order valence-electron chi connectivity index (χ1n) is 10.3. The van der Waals surface area contributed by atoms with E-state index in [1.54, 1.807) is 24.3 Å². The summed E-state index contributed by atoms with van der Waals surface area (Å²) >= 11 is 3.31. The number of pyridine rings is 1. The molecule has 13 heteroatoms. The van der Waals surface area contributed by atoms with Gasteiger partial charge in [0.15, 0.2) is 5.71 Å². The second-order valence-electron chi connectivity index (χ2n) is 7.66. The summed E-state index contributed by atoms with van der Waals surface area (Å²) < 4.78 is 2.09. The van der Waals surface area contributed by atoms with Gasteiger partial charge in [-0.25, -0.2) is 9.79 Å². The van der Waals surface area contributed by atoms with Crippen LogP contribution < -0.4 is 16.1 Å². The number of halogens is 1. The molecule has 1 aromatic heterocycles. The number of nitrogens with zero attached hydrogens (tertiary/aromatic N) is 3. The van der Waals surface area contributed by atoms with E-state index < -0.39 is 39.7 Å². The first-order valence-corrected chi connectivity index (χ1v) is 11.1. The fraction of sp³-hybridized carbons (Fsp3) is 0.0870. The largest absolute Gasteiger partial charge is 0.477 e. The molecule has 2 aromatic carbocycles. The molecule has 1 aliphatic rings. The molecule has 0 saturated carbocycles. The third kappa shape index (κ3) is 5.05. The summed E-state index contributed by atoms with van der Waals surface area (Å²) in [4.78, 5) is 62.7. The van der Waals surface area contributed by atoms with E-state index in [1.165, 1.54) is 23.0 Å². The number of carbonyl (C=O) groups is 3. The number of fused-ring (bicyclic) bond motifs is 1. The van der Waals surface area contributed by atoms with Gasteiger partial charge in [0.05, 0.1) is 22.7 Å². The molecule has 1 aliphatic heterocycles. The highest BCUT2D eigenvalue weighted by Crippen LogP contribution is 2.38. The number of nitro benzene ring substituents is 1. The van der Waals surface area contributed by atoms with Crippen molar-refractivity contribution in [3.8, 4) is 5.69 Å². The van der Waals surface area contributed by atoms with Gasteiger partial charge in [0, 0.05) is 29.0 Å². The average molecular weight is 554 g/mol. The summed E-state index contributed by atoms with van der Waals surface area (Å²) in [7, 11) is 0. The third-order valence-corrected chi connectivity index (χ3v) is 5.77. The number of carbonyl (C=O) groups excluding carboxylic acids is 2. The summed E-state index contributed by atoms with van der Waals surface area (Å²) in [6, 6.07) is 9.27. The van der Waals surface area contributed by atoms with E-state index in [0.717, 1.165) is 16.6 Å². The maximum Gasteiger partial charge on any atom is 0.352 e. The Morgan fingerprint density at radius 1 is 1.25 bits per heavy atom. The smallest absolute Gasteiger partial charge is 0.352 e. The van der Waals surface area contributed by atoms with Crippen LogP contribution in [-0.2, 0) is 20.8 Å². The molecule has 0 bridgehead atoms. The number of carboxylic acids is 1. The molecule has 2 heterocycles. The summed E-state index contributed by atoms with van der Waals surface area (Å²) in [6.07, 6.45) is 2.83. The van der Waals surface area contributed by atoms with Crippen molar-refractivity contribution in [2.45, 2.75) is 12.5 Å². The number of aliphatic carboxylic acids is 1. The van der Waals surface area contributed by atoms with Gasteiger partial charge >= 0.3 is 5.97 Å². The molecule has 36 heavy (non-hydrogen) atoms. The molecule has 0 radical (unpaired) electrons. The molecule has 1 unspecified atom stereocenters. The summed E-state index contributed by atoms with van der Waals surface area (Å²) in [5, 5.41) is 26.3. The second-order valence-corrected chi connectivity index (χ2v) is 8.57. The van der Waals surface area contributed by atoms with Crippen molar-refractivity contribution in [2.75, 3.05) is 10.6 Å². The van der Waals surface area contributed by atoms with Crippen molar-refractivity contribution < 1.29 is 24.4 Å². The van der Waals surface area contributed by atoms with Gasteiger partial charge in [-0.2, -0.15) is 0 Å². The van der Waals surface area contributed by atoms with Gasteiger partial charge in [-0.15, -0.1) is 0 Å². The van der Waals surface area contributed by atoms with Gasteiger partial charge in [-0.3, -0.25) is 19.7 Å². The summed E-state index contributed by atoms with van der Waals surface area (Å²) in [6.45, 7) is 0. The van der Waals surface area contributed by atoms with Crippen LogP contribution in [0.5, 0.6) is 0 Å². The van der Waals surface area contributed by atoms with Gasteiger partial charge in [0.2, 0.25) is 11.3 Å². The van der Waals surface area contributed by atoms with Crippen LogP contribution in [0.25, 0.3) is 5.69 Å². The third-order valence-electron chi connectivity index (χ3n) is 5.24. The monoisotopic (exact) mass is 553 g/mol. The zero-order valence-corrected chi connectivity index (χ0v) is 19.8. The predicted octanol–water partition coefficient (Wildman–Crippen LogP) is 2.84. The Morgan fingerprint density at radius 2 is 1.97 bits per heavy atom.